The Labute approximate surface area is 119 Å². The molecule has 1 aliphatic rings. The van der Waals surface area contributed by atoms with Crippen LogP contribution >= 0.6 is 0 Å². The van der Waals surface area contributed by atoms with E-state index >= 15 is 0 Å². The molecule has 1 aliphatic heterocycles. The molecule has 0 saturated carbocycles. The first-order valence-corrected chi connectivity index (χ1v) is 7.29. The Morgan fingerprint density at radius 1 is 1.65 bits per heavy atom. The smallest absolute Gasteiger partial charge is 0.339 e. The molecule has 0 amide bonds. The summed E-state index contributed by atoms with van der Waals surface area (Å²) in [5.41, 5.74) is 1.09. The molecule has 1 atom stereocenters. The molecule has 2 N–H and O–H groups in total. The molecule has 112 valence electrons. The van der Waals surface area contributed by atoms with Crippen LogP contribution in [0.5, 0.6) is 0 Å². The van der Waals surface area contributed by atoms with Crippen LogP contribution in [0.3, 0.4) is 0 Å². The van der Waals surface area contributed by atoms with Crippen LogP contribution in [0.25, 0.3) is 0 Å². The van der Waals surface area contributed by atoms with Crippen molar-refractivity contribution in [2.75, 3.05) is 26.2 Å². The molecule has 1 aromatic rings. The normalized spacial score (nSPS) is 19.4. The summed E-state index contributed by atoms with van der Waals surface area (Å²) in [6.45, 7) is 6.87. The molecule has 0 aromatic carbocycles. The van der Waals surface area contributed by atoms with Crippen LogP contribution in [0, 0.1) is 5.92 Å². The molecule has 20 heavy (non-hydrogen) atoms. The largest absolute Gasteiger partial charge is 0.478 e. The average Bonchev–Trinajstić information content (AvgIpc) is 2.81. The minimum atomic E-state index is -0.900. The van der Waals surface area contributed by atoms with Gasteiger partial charge in [-0.3, -0.25) is 9.58 Å². The predicted molar refractivity (Wildman–Crippen MR) is 76.7 cm³/mol. The Morgan fingerprint density at radius 3 is 3.05 bits per heavy atom. The summed E-state index contributed by atoms with van der Waals surface area (Å²) >= 11 is 0. The summed E-state index contributed by atoms with van der Waals surface area (Å²) in [5.74, 6) is -0.242. The minimum absolute atomic E-state index is 0.313. The molecule has 0 aliphatic carbocycles. The first-order chi connectivity index (χ1) is 9.61. The van der Waals surface area contributed by atoms with E-state index in [4.69, 9.17) is 0 Å². The molecule has 0 radical (unpaired) electrons. The van der Waals surface area contributed by atoms with Crippen LogP contribution in [0.4, 0.5) is 0 Å². The van der Waals surface area contributed by atoms with Gasteiger partial charge in [-0.1, -0.05) is 6.92 Å². The fourth-order valence-electron chi connectivity index (χ4n) is 2.79. The summed E-state index contributed by atoms with van der Waals surface area (Å²) in [5, 5.41) is 16.7. The number of nitrogens with zero attached hydrogens (tertiary/aromatic N) is 3. The Kier molecular flexibility index (Phi) is 5.14. The lowest BCUT2D eigenvalue weighted by Gasteiger charge is -2.29. The number of aromatic carboxylic acids is 1. The zero-order valence-electron chi connectivity index (χ0n) is 12.3. The molecule has 0 spiro atoms. The first kappa shape index (κ1) is 15.0. The second kappa shape index (κ2) is 6.85. The van der Waals surface area contributed by atoms with Crippen molar-refractivity contribution in [1.82, 2.24) is 20.0 Å². The van der Waals surface area contributed by atoms with Gasteiger partial charge in [-0.2, -0.15) is 5.10 Å². The number of carboxylic acids is 1. The average molecular weight is 280 g/mol. The highest BCUT2D eigenvalue weighted by Gasteiger charge is 2.20. The standard InChI is InChI=1S/C14H24N4O2/c1-3-18(9-11-5-4-6-15-7-11)10-13-12(14(19)20)8-16-17(13)2/h8,11,15H,3-7,9-10H2,1-2H3,(H,19,20). The van der Waals surface area contributed by atoms with Gasteiger partial charge in [0.25, 0.3) is 0 Å². The molecular formula is C14H24N4O2. The van der Waals surface area contributed by atoms with Gasteiger partial charge in [-0.15, -0.1) is 0 Å². The molecule has 1 aromatic heterocycles. The topological polar surface area (TPSA) is 70.4 Å². The van der Waals surface area contributed by atoms with E-state index in [0.717, 1.165) is 31.9 Å². The van der Waals surface area contributed by atoms with Crippen LogP contribution in [0.15, 0.2) is 6.20 Å². The van der Waals surface area contributed by atoms with Crippen molar-refractivity contribution < 1.29 is 9.90 Å². The monoisotopic (exact) mass is 280 g/mol. The van der Waals surface area contributed by atoms with Gasteiger partial charge in [0.1, 0.15) is 5.56 Å². The van der Waals surface area contributed by atoms with E-state index in [0.29, 0.717) is 18.0 Å². The van der Waals surface area contributed by atoms with E-state index in [1.54, 1.807) is 11.7 Å². The maximum atomic E-state index is 11.2. The van der Waals surface area contributed by atoms with Crippen molar-refractivity contribution >= 4 is 5.97 Å². The summed E-state index contributed by atoms with van der Waals surface area (Å²) in [6.07, 6.45) is 3.92. The number of hydrogen-bond donors (Lipinski definition) is 2. The number of rotatable bonds is 6. The predicted octanol–water partition coefficient (Wildman–Crippen LogP) is 0.940. The summed E-state index contributed by atoms with van der Waals surface area (Å²) < 4.78 is 1.67. The van der Waals surface area contributed by atoms with Gasteiger partial charge in [0.05, 0.1) is 11.9 Å². The number of hydrogen-bond acceptors (Lipinski definition) is 4. The van der Waals surface area contributed by atoms with E-state index < -0.39 is 5.97 Å². The zero-order chi connectivity index (χ0) is 14.5. The van der Waals surface area contributed by atoms with Gasteiger partial charge in [0, 0.05) is 20.1 Å². The van der Waals surface area contributed by atoms with Crippen LogP contribution < -0.4 is 5.32 Å². The Morgan fingerprint density at radius 2 is 2.45 bits per heavy atom. The van der Waals surface area contributed by atoms with Gasteiger partial charge >= 0.3 is 5.97 Å². The highest BCUT2D eigenvalue weighted by Crippen LogP contribution is 2.15. The molecule has 1 fully saturated rings. The van der Waals surface area contributed by atoms with Crippen LogP contribution in [0.2, 0.25) is 0 Å². The van der Waals surface area contributed by atoms with E-state index in [1.807, 2.05) is 0 Å². The van der Waals surface area contributed by atoms with Crippen molar-refractivity contribution in [2.24, 2.45) is 13.0 Å². The highest BCUT2D eigenvalue weighted by molar-refractivity contribution is 5.88. The minimum Gasteiger partial charge on any atom is -0.478 e. The van der Waals surface area contributed by atoms with Crippen molar-refractivity contribution in [3.8, 4) is 0 Å². The van der Waals surface area contributed by atoms with E-state index in [2.05, 4.69) is 22.2 Å². The molecule has 1 saturated heterocycles. The molecular weight excluding hydrogens is 256 g/mol. The SMILES string of the molecule is CCN(Cc1c(C(=O)O)cnn1C)CC1CCCNC1. The summed E-state index contributed by atoms with van der Waals surface area (Å²) in [6, 6.07) is 0. The zero-order valence-corrected chi connectivity index (χ0v) is 12.3. The fraction of sp³-hybridized carbons (Fsp3) is 0.714. The lowest BCUT2D eigenvalue weighted by molar-refractivity contribution is 0.0694. The summed E-state index contributed by atoms with van der Waals surface area (Å²) in [7, 11) is 1.80. The molecule has 0 bridgehead atoms. The van der Waals surface area contributed by atoms with Gasteiger partial charge < -0.3 is 10.4 Å². The Bertz CT molecular complexity index is 452. The third-order valence-electron chi connectivity index (χ3n) is 4.03. The van der Waals surface area contributed by atoms with Gasteiger partial charge in [0.15, 0.2) is 0 Å². The van der Waals surface area contributed by atoms with E-state index in [9.17, 15) is 9.90 Å². The van der Waals surface area contributed by atoms with Gasteiger partial charge in [0.2, 0.25) is 0 Å². The second-order valence-corrected chi connectivity index (χ2v) is 5.47. The van der Waals surface area contributed by atoms with Crippen LogP contribution in [-0.2, 0) is 13.6 Å². The lowest BCUT2D eigenvalue weighted by atomic mass is 9.99. The van der Waals surface area contributed by atoms with E-state index in [-0.39, 0.29) is 0 Å². The third-order valence-corrected chi connectivity index (χ3v) is 4.03. The number of aryl methyl sites for hydroxylation is 1. The second-order valence-electron chi connectivity index (χ2n) is 5.47. The number of carbonyl (C=O) groups is 1. The third kappa shape index (κ3) is 3.58. The number of piperidine rings is 1. The quantitative estimate of drug-likeness (QED) is 0.811. The Hall–Kier alpha value is -1.40. The summed E-state index contributed by atoms with van der Waals surface area (Å²) in [4.78, 5) is 13.5. The molecule has 6 heteroatoms. The highest BCUT2D eigenvalue weighted by atomic mass is 16.4. The van der Waals surface area contributed by atoms with Crippen LogP contribution in [-0.4, -0.2) is 51.9 Å². The first-order valence-electron chi connectivity index (χ1n) is 7.29. The number of carboxylic acid groups (broad SMARTS) is 1. The maximum absolute atomic E-state index is 11.2. The number of nitrogens with one attached hydrogen (secondary N) is 1. The lowest BCUT2D eigenvalue weighted by Crippen LogP contribution is -2.38. The molecule has 6 nitrogen and oxygen atoms in total. The van der Waals surface area contributed by atoms with Gasteiger partial charge in [-0.05, 0) is 38.4 Å². The van der Waals surface area contributed by atoms with Crippen molar-refractivity contribution in [2.45, 2.75) is 26.3 Å². The fourth-order valence-corrected chi connectivity index (χ4v) is 2.79. The molecule has 1 unspecified atom stereocenters. The maximum Gasteiger partial charge on any atom is 0.339 e. The van der Waals surface area contributed by atoms with E-state index in [1.165, 1.54) is 19.0 Å². The van der Waals surface area contributed by atoms with Gasteiger partial charge in [-0.25, -0.2) is 4.79 Å². The Balaban J connectivity index is 2.02. The number of aromatic nitrogens is 2. The van der Waals surface area contributed by atoms with Crippen molar-refractivity contribution in [3.05, 3.63) is 17.5 Å². The molecule has 2 rings (SSSR count). The molecule has 2 heterocycles. The van der Waals surface area contributed by atoms with Crippen molar-refractivity contribution in [3.63, 3.8) is 0 Å². The van der Waals surface area contributed by atoms with Crippen molar-refractivity contribution in [1.29, 1.82) is 0 Å². The van der Waals surface area contributed by atoms with Crippen LogP contribution in [0.1, 0.15) is 35.8 Å².